The van der Waals surface area contributed by atoms with Crippen molar-refractivity contribution in [2.75, 3.05) is 6.61 Å². The molecule has 2 aromatic carbocycles. The Bertz CT molecular complexity index is 2050. The summed E-state index contributed by atoms with van der Waals surface area (Å²) in [5, 5.41) is 63.1. The summed E-state index contributed by atoms with van der Waals surface area (Å²) in [4.78, 5) is 55.5. The Morgan fingerprint density at radius 3 is 2.17 bits per heavy atom. The summed E-state index contributed by atoms with van der Waals surface area (Å²) < 4.78 is 28.5. The topological polar surface area (TPSA) is 232 Å². The molecule has 310 valence electrons. The summed E-state index contributed by atoms with van der Waals surface area (Å²) >= 11 is 0. The molecule has 15 nitrogen and oxygen atoms in total. The first-order chi connectivity index (χ1) is 26.9. The smallest absolute Gasteiger partial charge is 0.408 e. The van der Waals surface area contributed by atoms with Crippen LogP contribution in [0.4, 0.5) is 4.79 Å². The first kappa shape index (κ1) is 48.0. The van der Waals surface area contributed by atoms with E-state index in [1.54, 1.807) is 48.5 Å². The molecule has 1 aliphatic heterocycles. The zero-order valence-corrected chi connectivity index (χ0v) is 42.5. The molecule has 6 N–H and O–H groups in total. The van der Waals surface area contributed by atoms with Gasteiger partial charge in [-0.15, -0.1) is 0 Å². The van der Waals surface area contributed by atoms with Gasteiger partial charge in [-0.05, 0) is 54.8 Å². The maximum absolute atomic E-state index is 14.7. The van der Waals surface area contributed by atoms with E-state index >= 15 is 0 Å². The van der Waals surface area contributed by atoms with Gasteiger partial charge in [-0.25, -0.2) is 14.4 Å². The van der Waals surface area contributed by atoms with Gasteiger partial charge in [-0.2, -0.15) is 0 Å². The van der Waals surface area contributed by atoms with Crippen molar-refractivity contribution in [3.8, 4) is 0 Å². The number of amides is 1. The molecule has 1 saturated heterocycles. The molecule has 2 radical (unpaired) electrons. The van der Waals surface area contributed by atoms with Crippen molar-refractivity contribution in [3.05, 3.63) is 107 Å². The average molecular weight is 1240 g/mol. The maximum atomic E-state index is 14.7. The number of aliphatic hydroxyl groups excluding tert-OH is 3. The van der Waals surface area contributed by atoms with Crippen molar-refractivity contribution in [2.45, 2.75) is 101 Å². The summed E-state index contributed by atoms with van der Waals surface area (Å²) in [6.45, 7) is 5.50. The van der Waals surface area contributed by atoms with Crippen molar-refractivity contribution in [3.63, 3.8) is 0 Å². The van der Waals surface area contributed by atoms with Crippen molar-refractivity contribution < 1.29 is 156 Å². The summed E-state index contributed by atoms with van der Waals surface area (Å²) in [6.07, 6.45) is -10.3. The number of Topliss-reactive ketones (excluding diaryl/α,β-unsaturated/α-hetero) is 1. The molecule has 3 aromatic rings. The van der Waals surface area contributed by atoms with Crippen LogP contribution >= 0.6 is 0 Å². The molecular weight excluding hydrogens is 1200 g/mol. The van der Waals surface area contributed by atoms with Crippen molar-refractivity contribution >= 4 is 23.8 Å². The minimum Gasteiger partial charge on any atom is -0.467 e. The van der Waals surface area contributed by atoms with Gasteiger partial charge >= 0.3 is 18.0 Å². The Labute approximate surface area is 412 Å². The number of hydrogen-bond acceptors (Lipinski definition) is 14. The second kappa shape index (κ2) is 18.4. The van der Waals surface area contributed by atoms with E-state index in [0.29, 0.717) is 5.56 Å². The van der Waals surface area contributed by atoms with Gasteiger partial charge in [0.1, 0.15) is 47.9 Å². The third kappa shape index (κ3) is 8.33. The summed E-state index contributed by atoms with van der Waals surface area (Å²) in [7, 11) is 0. The summed E-state index contributed by atoms with van der Waals surface area (Å²) in [5.74, 6) is -4.67. The van der Waals surface area contributed by atoms with Crippen LogP contribution in [0.25, 0.3) is 0 Å². The molecule has 2 bridgehead atoms. The number of esters is 2. The van der Waals surface area contributed by atoms with Crippen LogP contribution in [-0.2, 0) is 35.1 Å². The van der Waals surface area contributed by atoms with Gasteiger partial charge in [0.15, 0.2) is 11.9 Å². The molecule has 3 aliphatic carbocycles. The number of furan rings is 1. The van der Waals surface area contributed by atoms with Crippen molar-refractivity contribution in [2.24, 2.45) is 16.7 Å². The molecule has 17 heteroatoms. The zero-order chi connectivity index (χ0) is 41.1. The van der Waals surface area contributed by atoms with Gasteiger partial charge in [-0.1, -0.05) is 62.4 Å². The van der Waals surface area contributed by atoms with Crippen molar-refractivity contribution in [1.29, 1.82) is 0 Å². The van der Waals surface area contributed by atoms with Crippen molar-refractivity contribution in [1.82, 2.24) is 5.32 Å². The van der Waals surface area contributed by atoms with Crippen LogP contribution in [0.1, 0.15) is 68.3 Å². The van der Waals surface area contributed by atoms with E-state index in [9.17, 15) is 44.7 Å². The number of fused-ring (bicyclic) bond motifs is 5. The number of carbonyl (C=O) groups is 4. The Hall–Kier alpha value is -2.02. The fourth-order valence-corrected chi connectivity index (χ4v) is 9.39. The molecule has 59 heavy (non-hydrogen) atoms. The SMILES string of the molecule is CC1=C2[C@@H](O)C(=O)[C@@]3(C)[C@H]([C@H](OC(=O)c4ccccc4)[C@](O)(C[C@@H]1OC(=O)[C@H](O)[C@@H](NC(=O)OCc1ccccc1)c1ccco1)C2(C)C)[C@]1(O)CO[C@@H]1C[C@@H]3O.[Ac].[Ac]. The summed E-state index contributed by atoms with van der Waals surface area (Å²) in [6, 6.07) is 18.1. The van der Waals surface area contributed by atoms with E-state index in [4.69, 9.17) is 23.4 Å². The van der Waals surface area contributed by atoms with Gasteiger partial charge in [-0.3, -0.25) is 4.79 Å². The monoisotopic (exact) mass is 1240 g/mol. The quantitative estimate of drug-likeness (QED) is 0.103. The molecule has 4 aliphatic rings. The molecule has 1 amide bonds. The summed E-state index contributed by atoms with van der Waals surface area (Å²) in [5.41, 5.74) is -6.98. The number of nitrogens with one attached hydrogen (secondary N) is 1. The van der Waals surface area contributed by atoms with Gasteiger partial charge in [0.25, 0.3) is 0 Å². The Morgan fingerprint density at radius 2 is 1.58 bits per heavy atom. The van der Waals surface area contributed by atoms with Gasteiger partial charge in [0.2, 0.25) is 0 Å². The van der Waals surface area contributed by atoms with E-state index in [0.717, 1.165) is 0 Å². The van der Waals surface area contributed by atoms with Crippen LogP contribution in [0.5, 0.6) is 0 Å². The van der Waals surface area contributed by atoms with Crippen LogP contribution in [0, 0.1) is 105 Å². The maximum Gasteiger partial charge on any atom is 0.408 e. The Kier molecular flexibility index (Phi) is 15.0. The average Bonchev–Trinajstić information content (AvgIpc) is 3.73. The van der Waals surface area contributed by atoms with E-state index in [1.807, 2.05) is 0 Å². The first-order valence-electron chi connectivity index (χ1n) is 18.8. The van der Waals surface area contributed by atoms with Gasteiger partial charge in [0, 0.05) is 112 Å². The second-order valence-corrected chi connectivity index (χ2v) is 16.2. The Balaban J connectivity index is 0.00000331. The molecule has 0 spiro atoms. The molecule has 3 fully saturated rings. The number of aliphatic hydroxyl groups is 5. The number of hydrogen-bond donors (Lipinski definition) is 6. The third-order valence-electron chi connectivity index (χ3n) is 12.8. The molecular formula is C42H47Ac2NO14. The number of alkyl carbamates (subject to hydrolysis) is 1. The zero-order valence-electron chi connectivity index (χ0n) is 33.0. The van der Waals surface area contributed by atoms with E-state index in [2.05, 4.69) is 5.32 Å². The van der Waals surface area contributed by atoms with Crippen LogP contribution in [-0.4, -0.2) is 104 Å². The number of ketones is 1. The fourth-order valence-electron chi connectivity index (χ4n) is 9.39. The minimum atomic E-state index is -2.33. The normalized spacial score (nSPS) is 32.7. The molecule has 2 saturated carbocycles. The number of carbonyl (C=O) groups excluding carboxylic acids is 4. The van der Waals surface area contributed by atoms with Crippen LogP contribution in [0.3, 0.4) is 0 Å². The second-order valence-electron chi connectivity index (χ2n) is 16.2. The van der Waals surface area contributed by atoms with Gasteiger partial charge in [0.05, 0.1) is 36.1 Å². The standard InChI is InChI=1S/C42H47NO14.2Ac/c1-22-26(56-37(49)32(46)30(25-16-11-17-53-25)43-38(50)54-20-23-12-7-5-8-13-23)19-42(52)35(57-36(48)24-14-9-6-10-15-24)33-40(4,27(44)18-28-41(33,51)21-55-28)34(47)31(45)29(22)39(42,2)3;;/h5-17,26-28,30-33,35,44-46,51-52H,18-21H2,1-4H3,(H,43,50);;/t26-,27-,28+,30-,31+,32+,33-,35-,40+,41-,42+;;/m0../s1. The molecule has 2 heterocycles. The molecule has 11 atom stereocenters. The van der Waals surface area contributed by atoms with E-state index in [1.165, 1.54) is 58.2 Å². The predicted octanol–water partition coefficient (Wildman–Crippen LogP) is 2.68. The molecule has 0 unspecified atom stereocenters. The fraction of sp³-hybridized carbons (Fsp3) is 0.476. The van der Waals surface area contributed by atoms with Crippen LogP contribution < -0.4 is 5.32 Å². The minimum absolute atomic E-state index is 0. The number of ether oxygens (including phenoxy) is 4. The Morgan fingerprint density at radius 1 is 0.932 bits per heavy atom. The number of rotatable bonds is 9. The van der Waals surface area contributed by atoms with E-state index in [-0.39, 0.29) is 130 Å². The molecule has 7 rings (SSSR count). The van der Waals surface area contributed by atoms with Crippen LogP contribution in [0.2, 0.25) is 0 Å². The number of benzene rings is 2. The van der Waals surface area contributed by atoms with Crippen LogP contribution in [0.15, 0.2) is 94.6 Å². The predicted molar refractivity (Wildman–Crippen MR) is 197 cm³/mol. The van der Waals surface area contributed by atoms with E-state index < -0.39 is 101 Å². The first-order valence-corrected chi connectivity index (χ1v) is 18.8. The molecule has 1 aromatic heterocycles. The third-order valence-corrected chi connectivity index (χ3v) is 12.8. The largest absolute Gasteiger partial charge is 0.467 e. The van der Waals surface area contributed by atoms with Gasteiger partial charge < -0.3 is 54.2 Å².